The Labute approximate surface area is 57.1 Å². The van der Waals surface area contributed by atoms with Crippen LogP contribution in [-0.2, 0) is 0 Å². The summed E-state index contributed by atoms with van der Waals surface area (Å²) in [5, 5.41) is 3.22. The van der Waals surface area contributed by atoms with Crippen LogP contribution in [0.3, 0.4) is 0 Å². The molecule has 1 aliphatic carbocycles. The van der Waals surface area contributed by atoms with Crippen LogP contribution in [0.2, 0.25) is 0 Å². The predicted molar refractivity (Wildman–Crippen MR) is 40.2 cm³/mol. The van der Waals surface area contributed by atoms with Gasteiger partial charge in [-0.3, -0.25) is 0 Å². The summed E-state index contributed by atoms with van der Waals surface area (Å²) in [6.45, 7) is 7.04. The second-order valence-corrected chi connectivity index (χ2v) is 2.78. The van der Waals surface area contributed by atoms with Crippen LogP contribution in [0.4, 0.5) is 0 Å². The molecular formula is C8H15N. The van der Waals surface area contributed by atoms with Crippen LogP contribution in [-0.4, -0.2) is 6.54 Å². The Balaban J connectivity index is 2.02. The summed E-state index contributed by atoms with van der Waals surface area (Å²) in [5.74, 6) is 0.969. The van der Waals surface area contributed by atoms with Gasteiger partial charge in [0.2, 0.25) is 0 Å². The third kappa shape index (κ3) is 2.54. The first-order chi connectivity index (χ1) is 4.33. The quantitative estimate of drug-likeness (QED) is 0.605. The van der Waals surface area contributed by atoms with E-state index < -0.39 is 0 Å². The summed E-state index contributed by atoms with van der Waals surface area (Å²) in [6.07, 6.45) is 4.04. The van der Waals surface area contributed by atoms with Crippen molar-refractivity contribution >= 4 is 0 Å². The predicted octanol–water partition coefficient (Wildman–Crippen LogP) is 1.91. The van der Waals surface area contributed by atoms with Crippen molar-refractivity contribution in [3.05, 3.63) is 12.3 Å². The van der Waals surface area contributed by atoms with E-state index >= 15 is 0 Å². The fourth-order valence-corrected chi connectivity index (χ4v) is 0.993. The van der Waals surface area contributed by atoms with E-state index in [1.54, 1.807) is 0 Å². The Kier molecular flexibility index (Phi) is 2.15. The van der Waals surface area contributed by atoms with Crippen LogP contribution in [0.25, 0.3) is 0 Å². The monoisotopic (exact) mass is 125 g/mol. The molecule has 1 saturated carbocycles. The lowest BCUT2D eigenvalue weighted by molar-refractivity contribution is 0.726. The Hall–Kier alpha value is -0.460. The van der Waals surface area contributed by atoms with Crippen LogP contribution in [0.1, 0.15) is 26.2 Å². The Bertz CT molecular complexity index is 103. The Morgan fingerprint density at radius 3 is 2.78 bits per heavy atom. The van der Waals surface area contributed by atoms with E-state index in [-0.39, 0.29) is 0 Å². The van der Waals surface area contributed by atoms with Crippen molar-refractivity contribution in [2.75, 3.05) is 6.54 Å². The molecule has 9 heavy (non-hydrogen) atoms. The average Bonchev–Trinajstić information content (AvgIpc) is 2.50. The molecule has 52 valence electrons. The first-order valence-electron chi connectivity index (χ1n) is 3.74. The molecule has 0 aliphatic heterocycles. The summed E-state index contributed by atoms with van der Waals surface area (Å²) < 4.78 is 0. The number of rotatable bonds is 4. The number of hydrogen-bond acceptors (Lipinski definition) is 1. The van der Waals surface area contributed by atoms with Gasteiger partial charge in [-0.05, 0) is 32.1 Å². The van der Waals surface area contributed by atoms with Gasteiger partial charge in [-0.1, -0.05) is 6.58 Å². The molecule has 0 saturated heterocycles. The highest BCUT2D eigenvalue weighted by molar-refractivity contribution is 4.95. The summed E-state index contributed by atoms with van der Waals surface area (Å²) in [7, 11) is 0. The molecule has 0 unspecified atom stereocenters. The normalized spacial score (nSPS) is 17.4. The van der Waals surface area contributed by atoms with Gasteiger partial charge in [0.15, 0.2) is 0 Å². The maximum atomic E-state index is 3.91. The highest BCUT2D eigenvalue weighted by Crippen LogP contribution is 2.33. The van der Waals surface area contributed by atoms with E-state index in [1.807, 2.05) is 0 Å². The van der Waals surface area contributed by atoms with Crippen molar-refractivity contribution in [3.8, 4) is 0 Å². The standard InChI is InChI=1S/C8H15N/c1-3-9-7(2)6-8-4-5-8/h8-9H,2-6H2,1H3. The van der Waals surface area contributed by atoms with Crippen LogP contribution in [0, 0.1) is 5.92 Å². The van der Waals surface area contributed by atoms with E-state index in [4.69, 9.17) is 0 Å². The molecule has 0 aromatic carbocycles. The smallest absolute Gasteiger partial charge is 0.0115 e. The highest BCUT2D eigenvalue weighted by atomic mass is 14.9. The van der Waals surface area contributed by atoms with Crippen molar-refractivity contribution in [1.82, 2.24) is 5.32 Å². The van der Waals surface area contributed by atoms with Crippen molar-refractivity contribution in [1.29, 1.82) is 0 Å². The van der Waals surface area contributed by atoms with Crippen LogP contribution in [0.15, 0.2) is 12.3 Å². The lowest BCUT2D eigenvalue weighted by Crippen LogP contribution is -2.11. The molecule has 0 bridgehead atoms. The molecule has 1 fully saturated rings. The van der Waals surface area contributed by atoms with E-state index in [2.05, 4.69) is 18.8 Å². The molecule has 0 heterocycles. The van der Waals surface area contributed by atoms with Crippen molar-refractivity contribution < 1.29 is 0 Å². The summed E-state index contributed by atoms with van der Waals surface area (Å²) in [4.78, 5) is 0. The van der Waals surface area contributed by atoms with Crippen LogP contribution >= 0.6 is 0 Å². The van der Waals surface area contributed by atoms with E-state index in [0.717, 1.165) is 12.5 Å². The number of allylic oxidation sites excluding steroid dienone is 1. The number of hydrogen-bond donors (Lipinski definition) is 1. The van der Waals surface area contributed by atoms with E-state index in [0.29, 0.717) is 0 Å². The summed E-state index contributed by atoms with van der Waals surface area (Å²) in [6, 6.07) is 0. The molecular weight excluding hydrogens is 110 g/mol. The first kappa shape index (κ1) is 6.66. The van der Waals surface area contributed by atoms with Gasteiger partial charge < -0.3 is 5.32 Å². The minimum absolute atomic E-state index is 0.969. The minimum atomic E-state index is 0.969. The van der Waals surface area contributed by atoms with E-state index in [9.17, 15) is 0 Å². The molecule has 1 heteroatoms. The molecule has 1 nitrogen and oxygen atoms in total. The van der Waals surface area contributed by atoms with Gasteiger partial charge in [-0.25, -0.2) is 0 Å². The third-order valence-corrected chi connectivity index (χ3v) is 1.66. The molecule has 0 aromatic rings. The maximum absolute atomic E-state index is 3.91. The number of nitrogens with one attached hydrogen (secondary N) is 1. The summed E-state index contributed by atoms with van der Waals surface area (Å²) >= 11 is 0. The van der Waals surface area contributed by atoms with Gasteiger partial charge in [0.25, 0.3) is 0 Å². The van der Waals surface area contributed by atoms with Crippen molar-refractivity contribution in [2.24, 2.45) is 5.92 Å². The van der Waals surface area contributed by atoms with Crippen LogP contribution < -0.4 is 5.32 Å². The lowest BCUT2D eigenvalue weighted by Gasteiger charge is -2.04. The second kappa shape index (κ2) is 2.90. The van der Waals surface area contributed by atoms with Crippen molar-refractivity contribution in [3.63, 3.8) is 0 Å². The zero-order valence-corrected chi connectivity index (χ0v) is 6.11. The molecule has 0 aromatic heterocycles. The molecule has 0 amide bonds. The first-order valence-corrected chi connectivity index (χ1v) is 3.74. The topological polar surface area (TPSA) is 12.0 Å². The SMILES string of the molecule is C=C(CC1CC1)NCC. The average molecular weight is 125 g/mol. The molecule has 0 atom stereocenters. The van der Waals surface area contributed by atoms with Crippen LogP contribution in [0.5, 0.6) is 0 Å². The van der Waals surface area contributed by atoms with Gasteiger partial charge in [0, 0.05) is 12.2 Å². The Morgan fingerprint density at radius 2 is 2.33 bits per heavy atom. The fourth-order valence-electron chi connectivity index (χ4n) is 0.993. The summed E-state index contributed by atoms with van der Waals surface area (Å²) in [5.41, 5.74) is 1.22. The van der Waals surface area contributed by atoms with Crippen molar-refractivity contribution in [2.45, 2.75) is 26.2 Å². The van der Waals surface area contributed by atoms with E-state index in [1.165, 1.54) is 25.0 Å². The minimum Gasteiger partial charge on any atom is -0.389 e. The Morgan fingerprint density at radius 1 is 1.67 bits per heavy atom. The zero-order valence-electron chi connectivity index (χ0n) is 6.11. The molecule has 0 spiro atoms. The second-order valence-electron chi connectivity index (χ2n) is 2.78. The lowest BCUT2D eigenvalue weighted by atomic mass is 10.2. The van der Waals surface area contributed by atoms with Gasteiger partial charge >= 0.3 is 0 Å². The molecule has 1 N–H and O–H groups in total. The van der Waals surface area contributed by atoms with Gasteiger partial charge in [-0.15, -0.1) is 0 Å². The molecule has 0 radical (unpaired) electrons. The van der Waals surface area contributed by atoms with Gasteiger partial charge in [0.1, 0.15) is 0 Å². The molecule has 1 rings (SSSR count). The largest absolute Gasteiger partial charge is 0.389 e. The van der Waals surface area contributed by atoms with Gasteiger partial charge in [0.05, 0.1) is 0 Å². The highest BCUT2D eigenvalue weighted by Gasteiger charge is 2.21. The fraction of sp³-hybridized carbons (Fsp3) is 0.750. The zero-order chi connectivity index (χ0) is 6.69. The maximum Gasteiger partial charge on any atom is 0.0115 e. The van der Waals surface area contributed by atoms with Gasteiger partial charge in [-0.2, -0.15) is 0 Å². The third-order valence-electron chi connectivity index (χ3n) is 1.66. The molecule has 1 aliphatic rings.